The molecule has 1 unspecified atom stereocenters. The van der Waals surface area contributed by atoms with Gasteiger partial charge < -0.3 is 9.47 Å². The largest absolute Gasteiger partial charge is 0.459 e. The summed E-state index contributed by atoms with van der Waals surface area (Å²) < 4.78 is 11.1. The van der Waals surface area contributed by atoms with Gasteiger partial charge in [0.2, 0.25) is 0 Å². The van der Waals surface area contributed by atoms with E-state index >= 15 is 0 Å². The van der Waals surface area contributed by atoms with Crippen LogP contribution < -0.4 is 0 Å². The van der Waals surface area contributed by atoms with Crippen molar-refractivity contribution in [2.75, 3.05) is 6.61 Å². The Hall–Kier alpha value is -2.65. The normalized spacial score (nSPS) is 12.0. The van der Waals surface area contributed by atoms with E-state index in [1.165, 1.54) is 0 Å². The van der Waals surface area contributed by atoms with Crippen molar-refractivity contribution in [1.29, 1.82) is 0 Å². The van der Waals surface area contributed by atoms with Crippen molar-refractivity contribution in [2.24, 2.45) is 0 Å². The van der Waals surface area contributed by atoms with Gasteiger partial charge >= 0.3 is 5.97 Å². The van der Waals surface area contributed by atoms with E-state index in [0.29, 0.717) is 12.2 Å². The predicted molar refractivity (Wildman–Crippen MR) is 94.9 cm³/mol. The van der Waals surface area contributed by atoms with E-state index < -0.39 is 0 Å². The Labute approximate surface area is 141 Å². The van der Waals surface area contributed by atoms with Gasteiger partial charge in [-0.1, -0.05) is 66.7 Å². The molecule has 0 saturated carbocycles. The van der Waals surface area contributed by atoms with Crippen LogP contribution in [0.4, 0.5) is 0 Å². The molecular weight excluding hydrogens is 300 g/mol. The zero-order chi connectivity index (χ0) is 16.8. The molecule has 122 valence electrons. The summed E-state index contributed by atoms with van der Waals surface area (Å²) >= 11 is 0. The molecule has 3 nitrogen and oxygen atoms in total. The lowest BCUT2D eigenvalue weighted by molar-refractivity contribution is -0.00678. The van der Waals surface area contributed by atoms with Crippen molar-refractivity contribution in [3.8, 4) is 0 Å². The lowest BCUT2D eigenvalue weighted by atomic mass is 10.1. The van der Waals surface area contributed by atoms with E-state index in [2.05, 4.69) is 0 Å². The monoisotopic (exact) mass is 320 g/mol. The minimum absolute atomic E-state index is 0.163. The molecule has 3 heteroatoms. The summed E-state index contributed by atoms with van der Waals surface area (Å²) in [5.41, 5.74) is 1.69. The molecule has 0 N–H and O–H groups in total. The first-order valence-corrected chi connectivity index (χ1v) is 8.04. The lowest BCUT2D eigenvalue weighted by Gasteiger charge is -2.14. The van der Waals surface area contributed by atoms with E-state index in [4.69, 9.17) is 9.47 Å². The topological polar surface area (TPSA) is 35.5 Å². The van der Waals surface area contributed by atoms with Gasteiger partial charge in [0, 0.05) is 0 Å². The van der Waals surface area contributed by atoms with E-state index in [-0.39, 0.29) is 18.7 Å². The number of fused-ring (bicyclic) bond motifs is 1. The first-order valence-electron chi connectivity index (χ1n) is 8.04. The number of rotatable bonds is 6. The Balaban J connectivity index is 1.56. The van der Waals surface area contributed by atoms with Gasteiger partial charge in [0.05, 0.1) is 18.3 Å². The average molecular weight is 320 g/mol. The maximum absolute atomic E-state index is 12.4. The Kier molecular flexibility index (Phi) is 5.24. The molecule has 0 aliphatic carbocycles. The summed E-state index contributed by atoms with van der Waals surface area (Å²) in [6, 6.07) is 23.4. The standard InChI is InChI=1S/C21H20O3/c1-16(23-15-17-8-3-2-4-9-17)14-24-21(22)20-13-7-11-18-10-5-6-12-19(18)20/h2-13,16H,14-15H2,1H3. The summed E-state index contributed by atoms with van der Waals surface area (Å²) in [6.07, 6.45) is -0.163. The Morgan fingerprint density at radius 1 is 0.917 bits per heavy atom. The highest BCUT2D eigenvalue weighted by atomic mass is 16.6. The predicted octanol–water partition coefficient (Wildman–Crippen LogP) is 4.60. The average Bonchev–Trinajstić information content (AvgIpc) is 2.64. The first-order chi connectivity index (χ1) is 11.7. The number of benzene rings is 3. The third-order valence-electron chi connectivity index (χ3n) is 3.84. The van der Waals surface area contributed by atoms with Crippen LogP contribution in [-0.4, -0.2) is 18.7 Å². The van der Waals surface area contributed by atoms with Crippen LogP contribution in [0, 0.1) is 0 Å². The fourth-order valence-corrected chi connectivity index (χ4v) is 2.54. The Bertz CT molecular complexity index is 806. The number of hydrogen-bond acceptors (Lipinski definition) is 3. The van der Waals surface area contributed by atoms with Gasteiger partial charge in [0.15, 0.2) is 0 Å². The van der Waals surface area contributed by atoms with Crippen molar-refractivity contribution < 1.29 is 14.3 Å². The minimum atomic E-state index is -0.318. The van der Waals surface area contributed by atoms with Crippen molar-refractivity contribution in [2.45, 2.75) is 19.6 Å². The fourth-order valence-electron chi connectivity index (χ4n) is 2.54. The molecule has 0 saturated heterocycles. The molecule has 1 atom stereocenters. The second kappa shape index (κ2) is 7.75. The number of hydrogen-bond donors (Lipinski definition) is 0. The molecule has 3 aromatic rings. The van der Waals surface area contributed by atoms with Crippen LogP contribution in [0.3, 0.4) is 0 Å². The van der Waals surface area contributed by atoms with Crippen molar-refractivity contribution in [3.63, 3.8) is 0 Å². The number of esters is 1. The third-order valence-corrected chi connectivity index (χ3v) is 3.84. The number of ether oxygens (including phenoxy) is 2. The van der Waals surface area contributed by atoms with Gasteiger partial charge in [-0.2, -0.15) is 0 Å². The maximum Gasteiger partial charge on any atom is 0.338 e. The summed E-state index contributed by atoms with van der Waals surface area (Å²) in [7, 11) is 0. The van der Waals surface area contributed by atoms with Gasteiger partial charge in [0.1, 0.15) is 6.61 Å². The summed E-state index contributed by atoms with van der Waals surface area (Å²) in [5.74, 6) is -0.318. The molecule has 3 aromatic carbocycles. The van der Waals surface area contributed by atoms with E-state index in [1.54, 1.807) is 6.07 Å². The smallest absolute Gasteiger partial charge is 0.338 e. The molecular formula is C21H20O3. The quantitative estimate of drug-likeness (QED) is 0.623. The molecule has 0 spiro atoms. The molecule has 0 aliphatic rings. The molecule has 3 rings (SSSR count). The van der Waals surface area contributed by atoms with Crippen LogP contribution >= 0.6 is 0 Å². The molecule has 0 radical (unpaired) electrons. The van der Waals surface area contributed by atoms with E-state index in [0.717, 1.165) is 16.3 Å². The van der Waals surface area contributed by atoms with Crippen molar-refractivity contribution >= 4 is 16.7 Å². The van der Waals surface area contributed by atoms with Crippen LogP contribution in [0.25, 0.3) is 10.8 Å². The number of carbonyl (C=O) groups excluding carboxylic acids is 1. The SMILES string of the molecule is CC(COC(=O)c1cccc2ccccc12)OCc1ccccc1. The minimum Gasteiger partial charge on any atom is -0.459 e. The van der Waals surface area contributed by atoms with Gasteiger partial charge in [-0.25, -0.2) is 4.79 Å². The van der Waals surface area contributed by atoms with Gasteiger partial charge in [0.25, 0.3) is 0 Å². The second-order valence-electron chi connectivity index (χ2n) is 5.73. The van der Waals surface area contributed by atoms with Crippen LogP contribution in [0.15, 0.2) is 72.8 Å². The third kappa shape index (κ3) is 4.00. The maximum atomic E-state index is 12.4. The lowest BCUT2D eigenvalue weighted by Crippen LogP contribution is -2.19. The first kappa shape index (κ1) is 16.2. The zero-order valence-electron chi connectivity index (χ0n) is 13.6. The highest BCUT2D eigenvalue weighted by Gasteiger charge is 2.13. The van der Waals surface area contributed by atoms with Gasteiger partial charge in [-0.15, -0.1) is 0 Å². The van der Waals surface area contributed by atoms with Crippen LogP contribution in [0.2, 0.25) is 0 Å². The Morgan fingerprint density at radius 2 is 1.62 bits per heavy atom. The highest BCUT2D eigenvalue weighted by Crippen LogP contribution is 2.19. The summed E-state index contributed by atoms with van der Waals surface area (Å²) in [4.78, 5) is 12.4. The highest BCUT2D eigenvalue weighted by molar-refractivity contribution is 6.04. The molecule has 0 fully saturated rings. The molecule has 0 bridgehead atoms. The molecule has 0 heterocycles. The molecule has 24 heavy (non-hydrogen) atoms. The summed E-state index contributed by atoms with van der Waals surface area (Å²) in [5, 5.41) is 1.93. The molecule has 0 aromatic heterocycles. The zero-order valence-corrected chi connectivity index (χ0v) is 13.6. The van der Waals surface area contributed by atoms with E-state index in [9.17, 15) is 4.79 Å². The van der Waals surface area contributed by atoms with Gasteiger partial charge in [-0.3, -0.25) is 0 Å². The second-order valence-corrected chi connectivity index (χ2v) is 5.73. The van der Waals surface area contributed by atoms with Crippen LogP contribution in [0.1, 0.15) is 22.8 Å². The fraction of sp³-hybridized carbons (Fsp3) is 0.190. The van der Waals surface area contributed by atoms with Crippen molar-refractivity contribution in [1.82, 2.24) is 0 Å². The van der Waals surface area contributed by atoms with Gasteiger partial charge in [-0.05, 0) is 29.3 Å². The summed E-state index contributed by atoms with van der Waals surface area (Å²) in [6.45, 7) is 2.64. The molecule has 0 aliphatic heterocycles. The van der Waals surface area contributed by atoms with E-state index in [1.807, 2.05) is 73.7 Å². The van der Waals surface area contributed by atoms with Crippen molar-refractivity contribution in [3.05, 3.63) is 83.9 Å². The molecule has 0 amide bonds. The number of carbonyl (C=O) groups is 1. The van der Waals surface area contributed by atoms with Crippen LogP contribution in [-0.2, 0) is 16.1 Å². The van der Waals surface area contributed by atoms with Crippen LogP contribution in [0.5, 0.6) is 0 Å². The Morgan fingerprint density at radius 3 is 2.46 bits per heavy atom.